The van der Waals surface area contributed by atoms with Crippen molar-refractivity contribution >= 4 is 41.3 Å². The molecule has 3 rings (SSSR count). The molecule has 1 saturated heterocycles. The third kappa shape index (κ3) is 6.93. The SMILES string of the molecule is CCNC(=NCc1nc(C)c(C)s1)NC1CCN(C(C)c2ccccc2)CC1.I. The van der Waals surface area contributed by atoms with Crippen LogP contribution in [-0.2, 0) is 6.54 Å². The van der Waals surface area contributed by atoms with E-state index in [4.69, 9.17) is 4.99 Å². The fourth-order valence-electron chi connectivity index (χ4n) is 3.64. The fourth-order valence-corrected chi connectivity index (χ4v) is 4.50. The molecule has 1 unspecified atom stereocenters. The van der Waals surface area contributed by atoms with Crippen LogP contribution in [0.3, 0.4) is 0 Å². The monoisotopic (exact) mass is 527 g/mol. The van der Waals surface area contributed by atoms with Crippen LogP contribution in [0, 0.1) is 13.8 Å². The summed E-state index contributed by atoms with van der Waals surface area (Å²) in [7, 11) is 0. The Labute approximate surface area is 196 Å². The van der Waals surface area contributed by atoms with Gasteiger partial charge in [0.2, 0.25) is 0 Å². The van der Waals surface area contributed by atoms with Crippen LogP contribution >= 0.6 is 35.3 Å². The summed E-state index contributed by atoms with van der Waals surface area (Å²) < 4.78 is 0. The van der Waals surface area contributed by atoms with E-state index in [1.807, 2.05) is 0 Å². The minimum Gasteiger partial charge on any atom is -0.357 e. The molecule has 0 aliphatic carbocycles. The summed E-state index contributed by atoms with van der Waals surface area (Å²) >= 11 is 1.74. The lowest BCUT2D eigenvalue weighted by Gasteiger charge is -2.37. The highest BCUT2D eigenvalue weighted by molar-refractivity contribution is 14.0. The highest BCUT2D eigenvalue weighted by Gasteiger charge is 2.24. The number of halogens is 1. The van der Waals surface area contributed by atoms with E-state index in [0.29, 0.717) is 18.6 Å². The Morgan fingerprint density at radius 3 is 2.52 bits per heavy atom. The van der Waals surface area contributed by atoms with Crippen LogP contribution in [0.1, 0.15) is 53.9 Å². The van der Waals surface area contributed by atoms with Crippen LogP contribution in [0.2, 0.25) is 0 Å². The van der Waals surface area contributed by atoms with Crippen molar-refractivity contribution in [2.45, 2.75) is 59.2 Å². The zero-order valence-corrected chi connectivity index (χ0v) is 21.1. The number of aromatic nitrogens is 1. The average molecular weight is 528 g/mol. The van der Waals surface area contributed by atoms with Gasteiger partial charge >= 0.3 is 0 Å². The largest absolute Gasteiger partial charge is 0.357 e. The van der Waals surface area contributed by atoms with Gasteiger partial charge in [-0.15, -0.1) is 35.3 Å². The summed E-state index contributed by atoms with van der Waals surface area (Å²) in [6.45, 7) is 12.3. The van der Waals surface area contributed by atoms with Gasteiger partial charge in [0.1, 0.15) is 5.01 Å². The second kappa shape index (κ2) is 11.9. The van der Waals surface area contributed by atoms with E-state index in [1.54, 1.807) is 11.3 Å². The Balaban J connectivity index is 0.00000300. The molecule has 29 heavy (non-hydrogen) atoms. The van der Waals surface area contributed by atoms with E-state index in [1.165, 1.54) is 10.4 Å². The van der Waals surface area contributed by atoms with Crippen molar-refractivity contribution in [2.24, 2.45) is 4.99 Å². The molecule has 0 bridgehead atoms. The number of piperidine rings is 1. The number of guanidine groups is 1. The number of likely N-dealkylation sites (tertiary alicyclic amines) is 1. The van der Waals surface area contributed by atoms with Gasteiger partial charge in [0.25, 0.3) is 0 Å². The highest BCUT2D eigenvalue weighted by Crippen LogP contribution is 2.24. The molecular weight excluding hydrogens is 493 g/mol. The third-order valence-corrected chi connectivity index (χ3v) is 6.55. The Hall–Kier alpha value is -1.19. The maximum absolute atomic E-state index is 4.76. The number of hydrogen-bond donors (Lipinski definition) is 2. The standard InChI is InChI=1S/C22H33N5S.HI/c1-5-23-22(24-15-21-25-16(2)18(4)28-21)26-20-11-13-27(14-12-20)17(3)19-9-7-6-8-10-19;/h6-10,17,20H,5,11-15H2,1-4H3,(H2,23,24,26);1H. The van der Waals surface area contributed by atoms with Gasteiger partial charge in [0.05, 0.1) is 12.2 Å². The molecule has 1 fully saturated rings. The quantitative estimate of drug-likeness (QED) is 0.326. The van der Waals surface area contributed by atoms with Crippen molar-refractivity contribution in [3.63, 3.8) is 0 Å². The van der Waals surface area contributed by atoms with Gasteiger partial charge in [-0.1, -0.05) is 30.3 Å². The first-order valence-corrected chi connectivity index (χ1v) is 11.1. The first-order chi connectivity index (χ1) is 13.6. The van der Waals surface area contributed by atoms with Crippen molar-refractivity contribution in [1.82, 2.24) is 20.5 Å². The number of nitrogens with zero attached hydrogens (tertiary/aromatic N) is 3. The van der Waals surface area contributed by atoms with E-state index >= 15 is 0 Å². The average Bonchev–Trinajstić information content (AvgIpc) is 3.04. The lowest BCUT2D eigenvalue weighted by Crippen LogP contribution is -2.49. The van der Waals surface area contributed by atoms with E-state index in [9.17, 15) is 0 Å². The molecule has 160 valence electrons. The molecule has 5 nitrogen and oxygen atoms in total. The Kier molecular flexibility index (Phi) is 9.85. The van der Waals surface area contributed by atoms with Crippen LogP contribution in [0.4, 0.5) is 0 Å². The summed E-state index contributed by atoms with van der Waals surface area (Å²) in [5.74, 6) is 0.905. The lowest BCUT2D eigenvalue weighted by molar-refractivity contribution is 0.158. The molecule has 1 aliphatic heterocycles. The van der Waals surface area contributed by atoms with Crippen LogP contribution in [0.5, 0.6) is 0 Å². The molecule has 0 amide bonds. The Morgan fingerprint density at radius 1 is 1.24 bits per heavy atom. The minimum absolute atomic E-state index is 0. The second-order valence-corrected chi connectivity index (χ2v) is 8.77. The third-order valence-electron chi connectivity index (χ3n) is 5.49. The van der Waals surface area contributed by atoms with Crippen molar-refractivity contribution in [1.29, 1.82) is 0 Å². The first kappa shape index (κ1) is 24.1. The molecule has 1 aromatic carbocycles. The number of hydrogen-bond acceptors (Lipinski definition) is 4. The van der Waals surface area contributed by atoms with E-state index in [0.717, 1.165) is 49.1 Å². The molecule has 2 heterocycles. The Bertz CT molecular complexity index is 749. The zero-order valence-electron chi connectivity index (χ0n) is 17.9. The van der Waals surface area contributed by atoms with Crippen molar-refractivity contribution in [3.8, 4) is 0 Å². The lowest BCUT2D eigenvalue weighted by atomic mass is 10.0. The molecule has 1 aliphatic rings. The summed E-state index contributed by atoms with van der Waals surface area (Å²) in [6.07, 6.45) is 2.27. The van der Waals surface area contributed by atoms with Gasteiger partial charge in [-0.3, -0.25) is 4.90 Å². The number of aliphatic imine (C=N–C) groups is 1. The summed E-state index contributed by atoms with van der Waals surface area (Å²) in [4.78, 5) is 13.2. The van der Waals surface area contributed by atoms with Gasteiger partial charge in [-0.2, -0.15) is 0 Å². The van der Waals surface area contributed by atoms with Crippen LogP contribution in [0.25, 0.3) is 0 Å². The van der Waals surface area contributed by atoms with Crippen molar-refractivity contribution in [3.05, 3.63) is 51.5 Å². The summed E-state index contributed by atoms with van der Waals surface area (Å²) in [5, 5.41) is 8.10. The van der Waals surface area contributed by atoms with E-state index < -0.39 is 0 Å². The number of thiazole rings is 1. The second-order valence-electron chi connectivity index (χ2n) is 7.49. The molecule has 1 atom stereocenters. The van der Waals surface area contributed by atoms with Crippen LogP contribution in [-0.4, -0.2) is 41.5 Å². The van der Waals surface area contributed by atoms with Gasteiger partial charge in [-0.25, -0.2) is 9.98 Å². The molecule has 0 saturated carbocycles. The number of nitrogens with one attached hydrogen (secondary N) is 2. The zero-order chi connectivity index (χ0) is 19.9. The van der Waals surface area contributed by atoms with E-state index in [-0.39, 0.29) is 24.0 Å². The van der Waals surface area contributed by atoms with Crippen molar-refractivity contribution < 1.29 is 0 Å². The number of benzene rings is 1. The predicted molar refractivity (Wildman–Crippen MR) is 134 cm³/mol. The van der Waals surface area contributed by atoms with E-state index in [2.05, 4.69) is 78.5 Å². The van der Waals surface area contributed by atoms with Gasteiger partial charge in [0.15, 0.2) is 5.96 Å². The first-order valence-electron chi connectivity index (χ1n) is 10.3. The van der Waals surface area contributed by atoms with Gasteiger partial charge in [-0.05, 0) is 46.1 Å². The molecule has 1 aromatic heterocycles. The number of aryl methyl sites for hydroxylation is 2. The Morgan fingerprint density at radius 2 is 1.93 bits per heavy atom. The van der Waals surface area contributed by atoms with Crippen LogP contribution < -0.4 is 10.6 Å². The smallest absolute Gasteiger partial charge is 0.191 e. The van der Waals surface area contributed by atoms with Crippen molar-refractivity contribution in [2.75, 3.05) is 19.6 Å². The minimum atomic E-state index is 0. The molecule has 2 aromatic rings. The van der Waals surface area contributed by atoms with Gasteiger partial charge < -0.3 is 10.6 Å². The molecule has 7 heteroatoms. The summed E-state index contributed by atoms with van der Waals surface area (Å²) in [5.41, 5.74) is 2.52. The topological polar surface area (TPSA) is 52.6 Å². The van der Waals surface area contributed by atoms with Gasteiger partial charge in [0, 0.05) is 36.6 Å². The molecule has 0 radical (unpaired) electrons. The van der Waals surface area contributed by atoms with Crippen LogP contribution in [0.15, 0.2) is 35.3 Å². The predicted octanol–water partition coefficient (Wildman–Crippen LogP) is 4.66. The summed E-state index contributed by atoms with van der Waals surface area (Å²) in [6, 6.07) is 11.7. The fraction of sp³-hybridized carbons (Fsp3) is 0.545. The number of rotatable bonds is 6. The molecule has 0 spiro atoms. The molecular formula is C22H34IN5S. The normalized spacial score (nSPS) is 16.9. The maximum Gasteiger partial charge on any atom is 0.191 e. The maximum atomic E-state index is 4.76. The highest BCUT2D eigenvalue weighted by atomic mass is 127. The molecule has 2 N–H and O–H groups in total.